The Labute approximate surface area is 175 Å². The summed E-state index contributed by atoms with van der Waals surface area (Å²) in [7, 11) is 0. The lowest BCUT2D eigenvalue weighted by atomic mass is 10.1. The fourth-order valence-electron chi connectivity index (χ4n) is 3.04. The Bertz CT molecular complexity index is 1020. The maximum atomic E-state index is 12.2. The molecule has 2 heterocycles. The molecule has 0 fully saturated rings. The summed E-state index contributed by atoms with van der Waals surface area (Å²) in [6, 6.07) is 5.81. The number of carbonyl (C=O) groups is 1. The molecule has 1 aromatic carbocycles. The molecule has 0 aliphatic heterocycles. The van der Waals surface area contributed by atoms with Gasteiger partial charge < -0.3 is 23.9 Å². The molecule has 0 saturated carbocycles. The Hall–Kier alpha value is -3.29. The second-order valence-corrected chi connectivity index (χ2v) is 6.68. The zero-order valence-electron chi connectivity index (χ0n) is 17.8. The molecule has 160 valence electrons. The van der Waals surface area contributed by atoms with Crippen molar-refractivity contribution in [1.82, 2.24) is 15.3 Å². The van der Waals surface area contributed by atoms with Crippen molar-refractivity contribution in [3.05, 3.63) is 41.4 Å². The van der Waals surface area contributed by atoms with E-state index < -0.39 is 0 Å². The van der Waals surface area contributed by atoms with Crippen molar-refractivity contribution in [3.63, 3.8) is 0 Å². The summed E-state index contributed by atoms with van der Waals surface area (Å²) in [6.07, 6.45) is 2.02. The standard InChI is InChI=1S/C22H27N3O5/c1-5-27-17-8-7-16(11-18(17)28-6-2)9-10-23-19(26)12-29-21-20-14(3)15(4)30-22(20)25-13-24-21/h7-8,11,13H,5-6,9-10,12H2,1-4H3,(H,23,26). The first-order valence-electron chi connectivity index (χ1n) is 10.0. The van der Waals surface area contributed by atoms with E-state index in [9.17, 15) is 4.79 Å². The van der Waals surface area contributed by atoms with E-state index in [1.54, 1.807) is 0 Å². The molecule has 0 unspecified atom stereocenters. The van der Waals surface area contributed by atoms with Gasteiger partial charge in [0.25, 0.3) is 5.91 Å². The smallest absolute Gasteiger partial charge is 0.258 e. The Balaban J connectivity index is 1.53. The topological polar surface area (TPSA) is 95.7 Å². The number of aromatic nitrogens is 2. The highest BCUT2D eigenvalue weighted by molar-refractivity contribution is 5.84. The van der Waals surface area contributed by atoms with Gasteiger partial charge >= 0.3 is 0 Å². The van der Waals surface area contributed by atoms with Gasteiger partial charge in [0.15, 0.2) is 18.1 Å². The molecule has 1 amide bonds. The molecule has 0 bridgehead atoms. The first-order valence-corrected chi connectivity index (χ1v) is 10.0. The van der Waals surface area contributed by atoms with Crippen LogP contribution in [-0.4, -0.2) is 42.2 Å². The van der Waals surface area contributed by atoms with Crippen molar-refractivity contribution in [2.45, 2.75) is 34.1 Å². The minimum Gasteiger partial charge on any atom is -0.490 e. The van der Waals surface area contributed by atoms with Gasteiger partial charge in [0.1, 0.15) is 17.5 Å². The number of nitrogens with zero attached hydrogens (tertiary/aromatic N) is 2. The van der Waals surface area contributed by atoms with Crippen LogP contribution in [0.4, 0.5) is 0 Å². The third kappa shape index (κ3) is 5.00. The molecule has 3 rings (SSSR count). The van der Waals surface area contributed by atoms with Crippen LogP contribution in [0.3, 0.4) is 0 Å². The molecule has 0 saturated heterocycles. The number of hydrogen-bond donors (Lipinski definition) is 1. The number of nitrogens with one attached hydrogen (secondary N) is 1. The van der Waals surface area contributed by atoms with Gasteiger partial charge in [-0.25, -0.2) is 9.97 Å². The third-order valence-electron chi connectivity index (χ3n) is 4.61. The number of carbonyl (C=O) groups excluding carboxylic acids is 1. The number of furan rings is 1. The second-order valence-electron chi connectivity index (χ2n) is 6.68. The van der Waals surface area contributed by atoms with E-state index in [-0.39, 0.29) is 12.5 Å². The lowest BCUT2D eigenvalue weighted by Crippen LogP contribution is -2.30. The monoisotopic (exact) mass is 413 g/mol. The molecule has 0 atom stereocenters. The van der Waals surface area contributed by atoms with Crippen molar-refractivity contribution in [2.75, 3.05) is 26.4 Å². The first-order chi connectivity index (χ1) is 14.5. The average molecular weight is 413 g/mol. The van der Waals surface area contributed by atoms with Gasteiger partial charge in [-0.3, -0.25) is 4.79 Å². The Kier molecular flexibility index (Phi) is 7.11. The summed E-state index contributed by atoms with van der Waals surface area (Å²) in [6.45, 7) is 9.10. The van der Waals surface area contributed by atoms with E-state index in [2.05, 4.69) is 15.3 Å². The number of amides is 1. The van der Waals surface area contributed by atoms with Crippen LogP contribution in [0.25, 0.3) is 11.1 Å². The van der Waals surface area contributed by atoms with Crippen LogP contribution in [0.5, 0.6) is 17.4 Å². The molecule has 8 nitrogen and oxygen atoms in total. The van der Waals surface area contributed by atoms with Gasteiger partial charge in [0.2, 0.25) is 11.6 Å². The molecule has 8 heteroatoms. The normalized spacial score (nSPS) is 10.8. The predicted octanol–water partition coefficient (Wildman–Crippen LogP) is 3.37. The van der Waals surface area contributed by atoms with Crippen LogP contribution >= 0.6 is 0 Å². The van der Waals surface area contributed by atoms with E-state index in [4.69, 9.17) is 18.6 Å². The maximum Gasteiger partial charge on any atom is 0.258 e. The van der Waals surface area contributed by atoms with Crippen LogP contribution in [0, 0.1) is 13.8 Å². The molecule has 3 aromatic rings. The van der Waals surface area contributed by atoms with E-state index in [0.717, 1.165) is 22.6 Å². The molecule has 0 aliphatic rings. The summed E-state index contributed by atoms with van der Waals surface area (Å²) in [5, 5.41) is 3.55. The van der Waals surface area contributed by atoms with E-state index >= 15 is 0 Å². The maximum absolute atomic E-state index is 12.2. The number of ether oxygens (including phenoxy) is 3. The van der Waals surface area contributed by atoms with Crippen LogP contribution in [0.2, 0.25) is 0 Å². The van der Waals surface area contributed by atoms with Gasteiger partial charge in [0, 0.05) is 12.1 Å². The van der Waals surface area contributed by atoms with Crippen molar-refractivity contribution in [1.29, 1.82) is 0 Å². The summed E-state index contributed by atoms with van der Waals surface area (Å²) >= 11 is 0. The highest BCUT2D eigenvalue weighted by atomic mass is 16.5. The van der Waals surface area contributed by atoms with Gasteiger partial charge in [-0.15, -0.1) is 0 Å². The molecule has 30 heavy (non-hydrogen) atoms. The summed E-state index contributed by atoms with van der Waals surface area (Å²) in [4.78, 5) is 20.4. The number of rotatable bonds is 10. The zero-order valence-corrected chi connectivity index (χ0v) is 17.8. The molecule has 1 N–H and O–H groups in total. The van der Waals surface area contributed by atoms with Gasteiger partial charge in [-0.2, -0.15) is 0 Å². The van der Waals surface area contributed by atoms with Crippen LogP contribution in [-0.2, 0) is 11.2 Å². The minimum atomic E-state index is -0.226. The van der Waals surface area contributed by atoms with Gasteiger partial charge in [0.05, 0.1) is 13.2 Å². The molecular formula is C22H27N3O5. The zero-order chi connectivity index (χ0) is 21.5. The van der Waals surface area contributed by atoms with E-state index in [1.165, 1.54) is 6.33 Å². The quantitative estimate of drug-likeness (QED) is 0.544. The fraction of sp³-hybridized carbons (Fsp3) is 0.409. The fourth-order valence-corrected chi connectivity index (χ4v) is 3.04. The number of hydrogen-bond acceptors (Lipinski definition) is 7. The summed E-state index contributed by atoms with van der Waals surface area (Å²) in [5.41, 5.74) is 2.41. The van der Waals surface area contributed by atoms with Gasteiger partial charge in [-0.05, 0) is 51.8 Å². The van der Waals surface area contributed by atoms with Crippen LogP contribution in [0.1, 0.15) is 30.7 Å². The predicted molar refractivity (Wildman–Crippen MR) is 112 cm³/mol. The lowest BCUT2D eigenvalue weighted by Gasteiger charge is -2.12. The lowest BCUT2D eigenvalue weighted by molar-refractivity contribution is -0.123. The molecule has 0 radical (unpaired) electrons. The Morgan fingerprint density at radius 3 is 2.60 bits per heavy atom. The van der Waals surface area contributed by atoms with E-state index in [1.807, 2.05) is 45.9 Å². The summed E-state index contributed by atoms with van der Waals surface area (Å²) in [5.74, 6) is 2.31. The highest BCUT2D eigenvalue weighted by Gasteiger charge is 2.15. The second kappa shape index (κ2) is 9.96. The SMILES string of the molecule is CCOc1ccc(CCNC(=O)COc2ncnc3oc(C)c(C)c23)cc1OCC. The van der Waals surface area contributed by atoms with Crippen molar-refractivity contribution < 1.29 is 23.4 Å². The van der Waals surface area contributed by atoms with Crippen molar-refractivity contribution in [2.24, 2.45) is 0 Å². The number of benzene rings is 1. The van der Waals surface area contributed by atoms with Crippen LogP contribution in [0.15, 0.2) is 28.9 Å². The molecule has 0 aliphatic carbocycles. The van der Waals surface area contributed by atoms with E-state index in [0.29, 0.717) is 48.9 Å². The average Bonchev–Trinajstić information content (AvgIpc) is 3.03. The van der Waals surface area contributed by atoms with Crippen LogP contribution < -0.4 is 19.5 Å². The first kappa shape index (κ1) is 21.4. The molecule has 0 spiro atoms. The van der Waals surface area contributed by atoms with Gasteiger partial charge in [-0.1, -0.05) is 6.07 Å². The number of aryl methyl sites for hydroxylation is 2. The largest absolute Gasteiger partial charge is 0.490 e. The third-order valence-corrected chi connectivity index (χ3v) is 4.61. The molecular weight excluding hydrogens is 386 g/mol. The number of fused-ring (bicyclic) bond motifs is 1. The highest BCUT2D eigenvalue weighted by Crippen LogP contribution is 2.30. The van der Waals surface area contributed by atoms with Crippen molar-refractivity contribution >= 4 is 17.0 Å². The summed E-state index contributed by atoms with van der Waals surface area (Å²) < 4.78 is 22.4. The van der Waals surface area contributed by atoms with Crippen molar-refractivity contribution in [3.8, 4) is 17.4 Å². The molecule has 2 aromatic heterocycles. The minimum absolute atomic E-state index is 0.136. The Morgan fingerprint density at radius 2 is 1.83 bits per heavy atom. The Morgan fingerprint density at radius 1 is 1.07 bits per heavy atom.